The van der Waals surface area contributed by atoms with Gasteiger partial charge in [-0.05, 0) is 0 Å². The second kappa shape index (κ2) is 28.4. The van der Waals surface area contributed by atoms with Gasteiger partial charge < -0.3 is 12.8 Å². The van der Waals surface area contributed by atoms with Crippen molar-refractivity contribution < 1.29 is 23.3 Å². The van der Waals surface area contributed by atoms with Crippen molar-refractivity contribution in [1.82, 2.24) is 0 Å². The van der Waals surface area contributed by atoms with Crippen LogP contribution in [0.2, 0.25) is 0 Å². The number of allylic oxidation sites excluding steroid dienone is 8. The Balaban J connectivity index is -0.0000000671. The molecule has 0 N–H and O–H groups in total. The van der Waals surface area contributed by atoms with Gasteiger partial charge >= 0.3 is 30.2 Å². The third-order valence-corrected chi connectivity index (χ3v) is 2.73. The summed E-state index contributed by atoms with van der Waals surface area (Å²) in [5.41, 5.74) is 5.42. The van der Waals surface area contributed by atoms with Crippen LogP contribution in [0.1, 0.15) is 68.2 Å². The minimum atomic E-state index is 0. The fourth-order valence-electron chi connectivity index (χ4n) is 1.30. The first-order valence-electron chi connectivity index (χ1n) is 7.76. The predicted octanol–water partition coefficient (Wildman–Crippen LogP) is 6.56. The summed E-state index contributed by atoms with van der Waals surface area (Å²) in [6.45, 7) is 18.4. The van der Waals surface area contributed by atoms with Crippen LogP contribution in [0.4, 0.5) is 0 Å². The van der Waals surface area contributed by atoms with Crippen LogP contribution in [0.5, 0.6) is 0 Å². The molecule has 2 aliphatic carbocycles. The van der Waals surface area contributed by atoms with Gasteiger partial charge in [0.25, 0.3) is 0 Å². The molecule has 0 amide bonds. The molecule has 0 aromatic rings. The molecule has 0 saturated heterocycles. The minimum absolute atomic E-state index is 0. The summed E-state index contributed by atoms with van der Waals surface area (Å²) in [4.78, 5) is 0. The molecule has 0 aromatic carbocycles. The molecule has 0 fully saturated rings. The molecular formula is C20H36Cl2SiZr-4. The third kappa shape index (κ3) is 24.9. The molecular weight excluding hydrogens is 430 g/mol. The van der Waals surface area contributed by atoms with E-state index < -0.39 is 0 Å². The Morgan fingerprint density at radius 2 is 0.958 bits per heavy atom. The molecule has 0 unspecified atom stereocenters. The summed E-state index contributed by atoms with van der Waals surface area (Å²) in [5, 5.41) is 0. The number of halogens is 2. The van der Waals surface area contributed by atoms with E-state index in [4.69, 9.17) is 0 Å². The molecule has 0 radical (unpaired) electrons. The van der Waals surface area contributed by atoms with Gasteiger partial charge in [0.2, 0.25) is 0 Å². The molecule has 142 valence electrons. The van der Waals surface area contributed by atoms with Crippen molar-refractivity contribution in [3.8, 4) is 0 Å². The molecule has 24 heavy (non-hydrogen) atoms. The zero-order valence-electron chi connectivity index (χ0n) is 16.7. The maximum absolute atomic E-state index is 3.19. The SMILES string of the molecule is CC1=[C-]CC=C1C.CC1=[C-]CC=C1C.C[CH-]C.C[CH-]C.Cl.Cl.[SiH2]=[Zr]. The number of rotatable bonds is 0. The maximum atomic E-state index is 3.19. The fourth-order valence-corrected chi connectivity index (χ4v) is 1.30. The van der Waals surface area contributed by atoms with Gasteiger partial charge in [-0.3, -0.25) is 12.2 Å². The molecule has 4 heteroatoms. The topological polar surface area (TPSA) is 0 Å². The predicted molar refractivity (Wildman–Crippen MR) is 116 cm³/mol. The molecule has 2 aliphatic rings. The number of hydrogen-bond donors (Lipinski definition) is 0. The van der Waals surface area contributed by atoms with Gasteiger partial charge in [0.15, 0.2) is 0 Å². The molecule has 2 rings (SSSR count). The van der Waals surface area contributed by atoms with Gasteiger partial charge in [-0.1, -0.05) is 13.8 Å². The summed E-state index contributed by atoms with van der Waals surface area (Å²) >= 11 is 1.58. The second-order valence-corrected chi connectivity index (χ2v) is 4.94. The average Bonchev–Trinajstić information content (AvgIpc) is 3.04. The quantitative estimate of drug-likeness (QED) is 0.280. The first kappa shape index (κ1) is 35.7. The number of hydrogen-bond acceptors (Lipinski definition) is 0. The van der Waals surface area contributed by atoms with Crippen LogP contribution in [0.15, 0.2) is 34.4 Å². The summed E-state index contributed by atoms with van der Waals surface area (Å²) in [6, 6.07) is 0. The zero-order valence-corrected chi connectivity index (χ0v) is 22.3. The first-order chi connectivity index (χ1) is 10.4. The Bertz CT molecular complexity index is 315. The Morgan fingerprint density at radius 3 is 1.00 bits per heavy atom. The average molecular weight is 467 g/mol. The van der Waals surface area contributed by atoms with Gasteiger partial charge in [0.05, 0.1) is 0 Å². The molecule has 0 bridgehead atoms. The van der Waals surface area contributed by atoms with E-state index in [0.29, 0.717) is 0 Å². The van der Waals surface area contributed by atoms with Crippen LogP contribution in [-0.4, -0.2) is 6.88 Å². The van der Waals surface area contributed by atoms with E-state index in [-0.39, 0.29) is 24.8 Å². The van der Waals surface area contributed by atoms with Gasteiger partial charge in [-0.2, -0.15) is 39.8 Å². The van der Waals surface area contributed by atoms with Crippen molar-refractivity contribution in [2.24, 2.45) is 0 Å². The van der Waals surface area contributed by atoms with Crippen LogP contribution in [0, 0.1) is 25.0 Å². The van der Waals surface area contributed by atoms with Crippen LogP contribution < -0.4 is 0 Å². The van der Waals surface area contributed by atoms with Crippen LogP contribution in [0.25, 0.3) is 0 Å². The van der Waals surface area contributed by atoms with Gasteiger partial charge in [0, 0.05) is 0 Å². The van der Waals surface area contributed by atoms with E-state index in [1.807, 2.05) is 47.4 Å². The zero-order chi connectivity index (χ0) is 18.0. The van der Waals surface area contributed by atoms with E-state index in [0.717, 1.165) is 12.8 Å². The Kier molecular flexibility index (Phi) is 42.3. The fraction of sp³-hybridized carbons (Fsp3) is 0.500. The molecule has 0 nitrogen and oxygen atoms in total. The van der Waals surface area contributed by atoms with Crippen molar-refractivity contribution in [3.63, 3.8) is 0 Å². The van der Waals surface area contributed by atoms with Crippen LogP contribution in [-0.2, 0) is 23.3 Å². The summed E-state index contributed by atoms with van der Waals surface area (Å²) in [5.74, 6) is 0. The standard InChI is InChI=1S/2C7H9.2C3H7.2ClH.H2Si.Zr/c2*1-6-4-3-5-7(6)2;2*1-3-2;;;;/h2*4H,3H2,1-2H3;2*3H,1-2H3;2*1H;1H2;/q4*-1;;;;. The van der Waals surface area contributed by atoms with Crippen molar-refractivity contribution in [3.05, 3.63) is 59.4 Å². The molecule has 0 atom stereocenters. The van der Waals surface area contributed by atoms with E-state index >= 15 is 0 Å². The Hall–Kier alpha value is 0.640. The summed E-state index contributed by atoms with van der Waals surface area (Å²) in [6.07, 6.45) is 16.8. The van der Waals surface area contributed by atoms with Gasteiger partial charge in [-0.25, -0.2) is 22.3 Å². The van der Waals surface area contributed by atoms with Gasteiger partial charge in [0.1, 0.15) is 0 Å². The van der Waals surface area contributed by atoms with Crippen molar-refractivity contribution >= 4 is 31.7 Å². The molecule has 0 heterocycles. The Morgan fingerprint density at radius 1 is 0.750 bits per heavy atom. The molecule has 0 spiro atoms. The third-order valence-electron chi connectivity index (χ3n) is 2.73. The van der Waals surface area contributed by atoms with Crippen molar-refractivity contribution in [2.75, 3.05) is 0 Å². The first-order valence-corrected chi connectivity index (χ1v) is 13.7. The van der Waals surface area contributed by atoms with Crippen LogP contribution >= 0.6 is 24.8 Å². The van der Waals surface area contributed by atoms with Gasteiger partial charge in [-0.15, -0.1) is 51.5 Å². The molecule has 0 aromatic heterocycles. The van der Waals surface area contributed by atoms with E-state index in [9.17, 15) is 0 Å². The Labute approximate surface area is 181 Å². The van der Waals surface area contributed by atoms with E-state index in [2.05, 4.69) is 52.0 Å². The second-order valence-electron chi connectivity index (χ2n) is 4.94. The molecule has 0 aliphatic heterocycles. The van der Waals surface area contributed by atoms with E-state index in [1.165, 1.54) is 22.3 Å². The summed E-state index contributed by atoms with van der Waals surface area (Å²) < 4.78 is 0. The molecule has 0 saturated carbocycles. The summed E-state index contributed by atoms with van der Waals surface area (Å²) in [7, 11) is 0. The van der Waals surface area contributed by atoms with Crippen LogP contribution in [0.3, 0.4) is 0 Å². The van der Waals surface area contributed by atoms with Crippen molar-refractivity contribution in [1.29, 1.82) is 0 Å². The van der Waals surface area contributed by atoms with E-state index in [1.54, 1.807) is 23.3 Å². The normalized spacial score (nSPS) is 12.8. The monoisotopic (exact) mass is 464 g/mol. The van der Waals surface area contributed by atoms with Crippen molar-refractivity contribution in [2.45, 2.75) is 68.2 Å².